The Bertz CT molecular complexity index is 422. The largest absolute Gasteiger partial charge is 0.399 e. The lowest BCUT2D eigenvalue weighted by Crippen LogP contribution is -2.38. The number of anilines is 2. The number of urea groups is 1. The van der Waals surface area contributed by atoms with Crippen molar-refractivity contribution >= 4 is 17.4 Å². The Morgan fingerprint density at radius 1 is 1.26 bits per heavy atom. The molecule has 0 bridgehead atoms. The second kappa shape index (κ2) is 5.95. The molecule has 1 fully saturated rings. The van der Waals surface area contributed by atoms with Crippen LogP contribution >= 0.6 is 0 Å². The first-order chi connectivity index (χ1) is 9.13. The second-order valence-electron chi connectivity index (χ2n) is 5.49. The molecule has 0 aliphatic heterocycles. The van der Waals surface area contributed by atoms with E-state index < -0.39 is 0 Å². The minimum atomic E-state index is -0.135. The average molecular weight is 261 g/mol. The summed E-state index contributed by atoms with van der Waals surface area (Å²) in [6.07, 6.45) is 6.16. The fourth-order valence-corrected chi connectivity index (χ4v) is 2.79. The normalized spacial score (nSPS) is 17.1. The van der Waals surface area contributed by atoms with E-state index in [2.05, 4.69) is 17.6 Å². The van der Waals surface area contributed by atoms with E-state index in [4.69, 9.17) is 5.73 Å². The van der Waals surface area contributed by atoms with Gasteiger partial charge < -0.3 is 16.4 Å². The third-order valence-corrected chi connectivity index (χ3v) is 4.21. The van der Waals surface area contributed by atoms with Gasteiger partial charge in [-0.3, -0.25) is 0 Å². The van der Waals surface area contributed by atoms with Gasteiger partial charge in [0.1, 0.15) is 0 Å². The molecule has 0 unspecified atom stereocenters. The molecule has 104 valence electrons. The zero-order chi connectivity index (χ0) is 13.7. The number of nitrogen functional groups attached to an aromatic ring is 1. The zero-order valence-electron chi connectivity index (χ0n) is 11.5. The first-order valence-corrected chi connectivity index (χ1v) is 7.04. The van der Waals surface area contributed by atoms with E-state index in [0.29, 0.717) is 11.1 Å². The lowest BCUT2D eigenvalue weighted by molar-refractivity contribution is 0.234. The summed E-state index contributed by atoms with van der Waals surface area (Å²) >= 11 is 0. The summed E-state index contributed by atoms with van der Waals surface area (Å²) in [5.74, 6) is 0. The highest BCUT2D eigenvalue weighted by molar-refractivity contribution is 5.89. The number of rotatable bonds is 4. The van der Waals surface area contributed by atoms with E-state index in [0.717, 1.165) is 18.7 Å². The van der Waals surface area contributed by atoms with Crippen LogP contribution in [0.4, 0.5) is 16.2 Å². The van der Waals surface area contributed by atoms with Crippen LogP contribution in [-0.2, 0) is 0 Å². The van der Waals surface area contributed by atoms with Crippen molar-refractivity contribution in [3.05, 3.63) is 24.3 Å². The highest BCUT2D eigenvalue weighted by Crippen LogP contribution is 2.40. The van der Waals surface area contributed by atoms with Crippen LogP contribution in [0.2, 0.25) is 0 Å². The zero-order valence-corrected chi connectivity index (χ0v) is 11.5. The molecule has 0 heterocycles. The van der Waals surface area contributed by atoms with Crippen molar-refractivity contribution < 1.29 is 4.79 Å². The molecule has 0 saturated heterocycles. The molecular formula is C15H23N3O. The number of hydrogen-bond donors (Lipinski definition) is 3. The van der Waals surface area contributed by atoms with Crippen molar-refractivity contribution in [2.24, 2.45) is 5.41 Å². The fourth-order valence-electron chi connectivity index (χ4n) is 2.79. The van der Waals surface area contributed by atoms with Gasteiger partial charge >= 0.3 is 6.03 Å². The summed E-state index contributed by atoms with van der Waals surface area (Å²) in [6.45, 7) is 2.98. The first-order valence-electron chi connectivity index (χ1n) is 7.04. The van der Waals surface area contributed by atoms with Gasteiger partial charge in [0, 0.05) is 17.9 Å². The average Bonchev–Trinajstić information content (AvgIpc) is 2.89. The molecule has 4 N–H and O–H groups in total. The Morgan fingerprint density at radius 3 is 2.47 bits per heavy atom. The predicted molar refractivity (Wildman–Crippen MR) is 79.1 cm³/mol. The lowest BCUT2D eigenvalue weighted by Gasteiger charge is -2.27. The molecule has 4 nitrogen and oxygen atoms in total. The molecular weight excluding hydrogens is 238 g/mol. The van der Waals surface area contributed by atoms with E-state index in [1.165, 1.54) is 25.7 Å². The molecule has 1 aliphatic rings. The number of carbonyl (C=O) groups is 1. The van der Waals surface area contributed by atoms with Gasteiger partial charge in [0.2, 0.25) is 0 Å². The molecule has 2 amide bonds. The third kappa shape index (κ3) is 3.63. The van der Waals surface area contributed by atoms with Crippen molar-refractivity contribution in [3.63, 3.8) is 0 Å². The maximum absolute atomic E-state index is 11.9. The Labute approximate surface area is 114 Å². The first kappa shape index (κ1) is 13.7. The van der Waals surface area contributed by atoms with Crippen LogP contribution < -0.4 is 16.4 Å². The van der Waals surface area contributed by atoms with E-state index >= 15 is 0 Å². The number of carbonyl (C=O) groups excluding carboxylic acids is 1. The molecule has 0 aromatic heterocycles. The standard InChI is InChI=1S/C15H23N3O/c1-2-15(9-3-4-10-15)11-17-14(19)18-13-7-5-12(16)6-8-13/h5-8H,2-4,9-11,16H2,1H3,(H2,17,18,19). The molecule has 1 aromatic carbocycles. The van der Waals surface area contributed by atoms with Gasteiger partial charge in [-0.2, -0.15) is 0 Å². The number of nitrogens with one attached hydrogen (secondary N) is 2. The van der Waals surface area contributed by atoms with Crippen LogP contribution in [0.3, 0.4) is 0 Å². The molecule has 1 aromatic rings. The Hall–Kier alpha value is -1.71. The van der Waals surface area contributed by atoms with E-state index in [-0.39, 0.29) is 6.03 Å². The van der Waals surface area contributed by atoms with Gasteiger partial charge in [-0.25, -0.2) is 4.79 Å². The summed E-state index contributed by atoms with van der Waals surface area (Å²) < 4.78 is 0. The summed E-state index contributed by atoms with van der Waals surface area (Å²) in [5.41, 5.74) is 7.39. The number of nitrogens with two attached hydrogens (primary N) is 1. The SMILES string of the molecule is CCC1(CNC(=O)Nc2ccc(N)cc2)CCCC1. The summed E-state index contributed by atoms with van der Waals surface area (Å²) in [5, 5.41) is 5.83. The highest BCUT2D eigenvalue weighted by atomic mass is 16.2. The second-order valence-corrected chi connectivity index (χ2v) is 5.49. The predicted octanol–water partition coefficient (Wildman–Crippen LogP) is 3.36. The quantitative estimate of drug-likeness (QED) is 0.727. The monoisotopic (exact) mass is 261 g/mol. The van der Waals surface area contributed by atoms with E-state index in [9.17, 15) is 4.79 Å². The van der Waals surface area contributed by atoms with Gasteiger partial charge in [-0.15, -0.1) is 0 Å². The minimum Gasteiger partial charge on any atom is -0.399 e. The molecule has 1 saturated carbocycles. The smallest absolute Gasteiger partial charge is 0.319 e. The van der Waals surface area contributed by atoms with E-state index in [1.54, 1.807) is 24.3 Å². The van der Waals surface area contributed by atoms with Gasteiger partial charge in [-0.1, -0.05) is 19.8 Å². The van der Waals surface area contributed by atoms with Crippen LogP contribution in [0.1, 0.15) is 39.0 Å². The summed E-state index contributed by atoms with van der Waals surface area (Å²) in [4.78, 5) is 11.9. The Balaban J connectivity index is 1.82. The molecule has 19 heavy (non-hydrogen) atoms. The van der Waals surface area contributed by atoms with Crippen molar-refractivity contribution in [2.75, 3.05) is 17.6 Å². The molecule has 0 radical (unpaired) electrons. The summed E-state index contributed by atoms with van der Waals surface area (Å²) in [6, 6.07) is 7.03. The topological polar surface area (TPSA) is 67.2 Å². The van der Waals surface area contributed by atoms with Crippen LogP contribution in [0.15, 0.2) is 24.3 Å². The molecule has 2 rings (SSSR count). The fraction of sp³-hybridized carbons (Fsp3) is 0.533. The molecule has 0 atom stereocenters. The van der Waals surface area contributed by atoms with Crippen molar-refractivity contribution in [1.82, 2.24) is 5.32 Å². The Kier molecular flexibility index (Phi) is 4.30. The van der Waals surface area contributed by atoms with Crippen molar-refractivity contribution in [2.45, 2.75) is 39.0 Å². The number of amides is 2. The van der Waals surface area contributed by atoms with Crippen LogP contribution in [-0.4, -0.2) is 12.6 Å². The van der Waals surface area contributed by atoms with Gasteiger partial charge in [0.25, 0.3) is 0 Å². The number of benzene rings is 1. The maximum atomic E-state index is 11.9. The Morgan fingerprint density at radius 2 is 1.89 bits per heavy atom. The maximum Gasteiger partial charge on any atom is 0.319 e. The molecule has 4 heteroatoms. The van der Waals surface area contributed by atoms with E-state index in [1.807, 2.05) is 0 Å². The molecule has 1 aliphatic carbocycles. The van der Waals surface area contributed by atoms with Crippen LogP contribution in [0.5, 0.6) is 0 Å². The lowest BCUT2D eigenvalue weighted by atomic mass is 9.83. The minimum absolute atomic E-state index is 0.135. The van der Waals surface area contributed by atoms with Crippen LogP contribution in [0, 0.1) is 5.41 Å². The van der Waals surface area contributed by atoms with Crippen molar-refractivity contribution in [1.29, 1.82) is 0 Å². The van der Waals surface area contributed by atoms with Gasteiger partial charge in [-0.05, 0) is 48.9 Å². The highest BCUT2D eigenvalue weighted by Gasteiger charge is 2.32. The summed E-state index contributed by atoms with van der Waals surface area (Å²) in [7, 11) is 0. The molecule has 0 spiro atoms. The number of hydrogen-bond acceptors (Lipinski definition) is 2. The third-order valence-electron chi connectivity index (χ3n) is 4.21. The van der Waals surface area contributed by atoms with Crippen LogP contribution in [0.25, 0.3) is 0 Å². The van der Waals surface area contributed by atoms with Gasteiger partial charge in [0.05, 0.1) is 0 Å². The van der Waals surface area contributed by atoms with Crippen molar-refractivity contribution in [3.8, 4) is 0 Å². The van der Waals surface area contributed by atoms with Gasteiger partial charge in [0.15, 0.2) is 0 Å².